The van der Waals surface area contributed by atoms with Crippen LogP contribution < -0.4 is 0 Å². The van der Waals surface area contributed by atoms with E-state index in [-0.39, 0.29) is 27.7 Å². The fourth-order valence-electron chi connectivity index (χ4n) is 3.09. The molecule has 154 valence electrons. The van der Waals surface area contributed by atoms with Crippen LogP contribution in [0.1, 0.15) is 12.5 Å². The minimum Gasteiger partial charge on any atom is -0.306 e. The Morgan fingerprint density at radius 1 is 1.03 bits per heavy atom. The first-order valence-corrected chi connectivity index (χ1v) is 10.7. The van der Waals surface area contributed by atoms with Crippen LogP contribution in [0.25, 0.3) is 28.2 Å². The maximum Gasteiger partial charge on any atom is 0.416 e. The van der Waals surface area contributed by atoms with E-state index in [1.165, 1.54) is 36.0 Å². The van der Waals surface area contributed by atoms with Crippen molar-refractivity contribution in [2.45, 2.75) is 18.0 Å². The highest BCUT2D eigenvalue weighted by Gasteiger charge is 2.31. The van der Waals surface area contributed by atoms with Crippen molar-refractivity contribution in [2.75, 3.05) is 5.75 Å². The molecule has 5 nitrogen and oxygen atoms in total. The van der Waals surface area contributed by atoms with E-state index in [1.807, 2.05) is 30.3 Å². The largest absolute Gasteiger partial charge is 0.416 e. The van der Waals surface area contributed by atoms with Gasteiger partial charge in [-0.15, -0.1) is 0 Å². The Morgan fingerprint density at radius 2 is 1.77 bits per heavy atom. The number of halogens is 3. The molecular weight excluding hydrogens is 415 g/mol. The molecule has 3 heterocycles. The molecule has 9 heteroatoms. The van der Waals surface area contributed by atoms with Crippen LogP contribution in [0.4, 0.5) is 13.2 Å². The Balaban J connectivity index is 1.90. The van der Waals surface area contributed by atoms with Crippen molar-refractivity contribution in [3.8, 4) is 22.5 Å². The minimum absolute atomic E-state index is 0.00851. The summed E-state index contributed by atoms with van der Waals surface area (Å²) in [7, 11) is -3.67. The van der Waals surface area contributed by atoms with Gasteiger partial charge < -0.3 is 4.40 Å². The average molecular weight is 431 g/mol. The molecule has 0 spiro atoms. The summed E-state index contributed by atoms with van der Waals surface area (Å²) in [5, 5.41) is 0. The highest BCUT2D eigenvalue weighted by atomic mass is 32.2. The molecule has 1 aromatic carbocycles. The fraction of sp³-hybridized carbons (Fsp3) is 0.143. The lowest BCUT2D eigenvalue weighted by Gasteiger charge is -2.09. The van der Waals surface area contributed by atoms with E-state index in [0.717, 1.165) is 17.7 Å². The molecule has 0 bridgehead atoms. The second-order valence-corrected chi connectivity index (χ2v) is 8.89. The first-order valence-electron chi connectivity index (χ1n) is 9.03. The molecule has 0 aliphatic heterocycles. The number of hydrogen-bond donors (Lipinski definition) is 0. The van der Waals surface area contributed by atoms with Crippen LogP contribution in [0.3, 0.4) is 0 Å². The Morgan fingerprint density at radius 3 is 2.43 bits per heavy atom. The summed E-state index contributed by atoms with van der Waals surface area (Å²) in [4.78, 5) is 8.52. The molecule has 0 aliphatic rings. The van der Waals surface area contributed by atoms with Crippen molar-refractivity contribution in [1.29, 1.82) is 0 Å². The number of sulfone groups is 1. The van der Waals surface area contributed by atoms with Gasteiger partial charge in [-0.05, 0) is 23.8 Å². The smallest absolute Gasteiger partial charge is 0.306 e. The predicted octanol–water partition coefficient (Wildman–Crippen LogP) is 4.88. The van der Waals surface area contributed by atoms with Crippen LogP contribution in [0.5, 0.6) is 0 Å². The van der Waals surface area contributed by atoms with Crippen LogP contribution in [-0.2, 0) is 16.0 Å². The number of imidazole rings is 1. The first kappa shape index (κ1) is 20.1. The first-order chi connectivity index (χ1) is 14.2. The molecule has 0 atom stereocenters. The zero-order valence-electron chi connectivity index (χ0n) is 15.8. The predicted molar refractivity (Wildman–Crippen MR) is 107 cm³/mol. The molecule has 0 saturated carbocycles. The minimum atomic E-state index is -4.50. The summed E-state index contributed by atoms with van der Waals surface area (Å²) in [5.74, 6) is -0.147. The van der Waals surface area contributed by atoms with E-state index < -0.39 is 21.6 Å². The third kappa shape index (κ3) is 3.68. The topological polar surface area (TPSA) is 64.3 Å². The number of fused-ring (bicyclic) bond motifs is 1. The Labute approximate surface area is 170 Å². The molecule has 4 aromatic rings. The standard InChI is InChI=1S/C21H16F3N3O2S/c1-2-30(28,29)18-10-15(14-6-4-3-5-7-14)12-25-20(18)17-13-27-9-8-16(21(22,23)24)11-19(27)26-17/h3-13H,2H2,1H3. The molecule has 30 heavy (non-hydrogen) atoms. The number of aromatic nitrogens is 3. The summed E-state index contributed by atoms with van der Waals surface area (Å²) in [5.41, 5.74) is 0.924. The van der Waals surface area contributed by atoms with Crippen molar-refractivity contribution in [2.24, 2.45) is 0 Å². The summed E-state index contributed by atoms with van der Waals surface area (Å²) in [6.07, 6.45) is -0.264. The van der Waals surface area contributed by atoms with Crippen LogP contribution in [0.15, 0.2) is 72.0 Å². The van der Waals surface area contributed by atoms with Gasteiger partial charge in [0.1, 0.15) is 17.0 Å². The van der Waals surface area contributed by atoms with Gasteiger partial charge in [0.25, 0.3) is 0 Å². The molecule has 0 aliphatic carbocycles. The zero-order valence-corrected chi connectivity index (χ0v) is 16.6. The van der Waals surface area contributed by atoms with Gasteiger partial charge in [0.05, 0.1) is 16.2 Å². The monoisotopic (exact) mass is 431 g/mol. The number of rotatable bonds is 4. The lowest BCUT2D eigenvalue weighted by molar-refractivity contribution is -0.137. The molecular formula is C21H16F3N3O2S. The number of pyridine rings is 2. The van der Waals surface area contributed by atoms with Crippen LogP contribution in [-0.4, -0.2) is 28.5 Å². The van der Waals surface area contributed by atoms with Crippen LogP contribution >= 0.6 is 0 Å². The summed E-state index contributed by atoms with van der Waals surface area (Å²) >= 11 is 0. The quantitative estimate of drug-likeness (QED) is 0.462. The van der Waals surface area contributed by atoms with Crippen LogP contribution in [0.2, 0.25) is 0 Å². The summed E-state index contributed by atoms with van der Waals surface area (Å²) < 4.78 is 65.9. The second-order valence-electron chi connectivity index (χ2n) is 6.64. The van der Waals surface area contributed by atoms with Crippen molar-refractivity contribution < 1.29 is 21.6 Å². The Kier molecular flexibility index (Phi) is 4.85. The summed E-state index contributed by atoms with van der Waals surface area (Å²) in [6.45, 7) is 1.52. The van der Waals surface area contributed by atoms with E-state index in [2.05, 4.69) is 9.97 Å². The van der Waals surface area contributed by atoms with Crippen molar-refractivity contribution in [3.05, 3.63) is 72.7 Å². The van der Waals surface area contributed by atoms with Crippen molar-refractivity contribution >= 4 is 15.5 Å². The van der Waals surface area contributed by atoms with Crippen molar-refractivity contribution in [1.82, 2.24) is 14.4 Å². The number of nitrogens with zero attached hydrogens (tertiary/aromatic N) is 3. The normalized spacial score (nSPS) is 12.4. The van der Waals surface area contributed by atoms with Crippen LogP contribution in [0, 0.1) is 0 Å². The van der Waals surface area contributed by atoms with Crippen molar-refractivity contribution in [3.63, 3.8) is 0 Å². The fourth-order valence-corrected chi connectivity index (χ4v) is 4.16. The molecule has 0 N–H and O–H groups in total. The van der Waals surface area contributed by atoms with Gasteiger partial charge in [0.15, 0.2) is 9.84 Å². The lowest BCUT2D eigenvalue weighted by Crippen LogP contribution is -2.07. The molecule has 3 aromatic heterocycles. The van der Waals surface area contributed by atoms with Gasteiger partial charge >= 0.3 is 6.18 Å². The van der Waals surface area contributed by atoms with Gasteiger partial charge in [-0.3, -0.25) is 4.98 Å². The molecule has 4 rings (SSSR count). The van der Waals surface area contributed by atoms with E-state index in [4.69, 9.17) is 0 Å². The zero-order chi connectivity index (χ0) is 21.5. The van der Waals surface area contributed by atoms with Gasteiger partial charge in [0, 0.05) is 24.2 Å². The highest BCUT2D eigenvalue weighted by Crippen LogP contribution is 2.32. The number of alkyl halides is 3. The second kappa shape index (κ2) is 7.24. The molecule has 0 amide bonds. The van der Waals surface area contributed by atoms with E-state index in [9.17, 15) is 21.6 Å². The van der Waals surface area contributed by atoms with Gasteiger partial charge in [-0.2, -0.15) is 13.2 Å². The molecule has 0 saturated heterocycles. The Hall–Kier alpha value is -3.20. The van der Waals surface area contributed by atoms with Gasteiger partial charge in [-0.1, -0.05) is 37.3 Å². The third-order valence-electron chi connectivity index (χ3n) is 4.71. The van der Waals surface area contributed by atoms with Gasteiger partial charge in [0.2, 0.25) is 0 Å². The molecule has 0 radical (unpaired) electrons. The number of hydrogen-bond acceptors (Lipinski definition) is 4. The van der Waals surface area contributed by atoms with E-state index in [0.29, 0.717) is 5.56 Å². The van der Waals surface area contributed by atoms with E-state index >= 15 is 0 Å². The third-order valence-corrected chi connectivity index (χ3v) is 6.45. The molecule has 0 fully saturated rings. The SMILES string of the molecule is CCS(=O)(=O)c1cc(-c2ccccc2)cnc1-c1cn2ccc(C(F)(F)F)cc2n1. The maximum atomic E-state index is 13.0. The Bertz CT molecular complexity index is 1330. The van der Waals surface area contributed by atoms with E-state index in [1.54, 1.807) is 0 Å². The molecule has 0 unspecified atom stereocenters. The number of benzene rings is 1. The average Bonchev–Trinajstić information content (AvgIpc) is 3.16. The highest BCUT2D eigenvalue weighted by molar-refractivity contribution is 7.91. The lowest BCUT2D eigenvalue weighted by atomic mass is 10.1. The summed E-state index contributed by atoms with van der Waals surface area (Å²) in [6, 6.07) is 12.6. The van der Waals surface area contributed by atoms with Gasteiger partial charge in [-0.25, -0.2) is 13.4 Å². The maximum absolute atomic E-state index is 13.0.